The third-order valence-corrected chi connectivity index (χ3v) is 6.03. The average molecular weight is 331 g/mol. The standard InChI is InChI=1S/C18H18FNO2S/c19-14-4-2-1-3-13(14)17(18(22)11-5-6-11)20-8-7-15-12(10-20)9-16(21)23-15/h1-4,9,11,15,17H,5-8,10H2/t15-,17+/m0/s1. The zero-order valence-corrected chi connectivity index (χ0v) is 13.5. The van der Waals surface area contributed by atoms with Gasteiger partial charge in [-0.2, -0.15) is 0 Å². The van der Waals surface area contributed by atoms with Crippen molar-refractivity contribution in [1.82, 2.24) is 4.90 Å². The van der Waals surface area contributed by atoms with Crippen LogP contribution < -0.4 is 0 Å². The van der Waals surface area contributed by atoms with Crippen molar-refractivity contribution in [3.05, 3.63) is 47.3 Å². The predicted molar refractivity (Wildman–Crippen MR) is 87.5 cm³/mol. The van der Waals surface area contributed by atoms with Crippen LogP contribution in [0.4, 0.5) is 4.39 Å². The first-order valence-corrected chi connectivity index (χ1v) is 8.95. The Balaban J connectivity index is 1.66. The summed E-state index contributed by atoms with van der Waals surface area (Å²) in [5.41, 5.74) is 1.55. The molecule has 0 amide bonds. The number of hydrogen-bond donors (Lipinski definition) is 0. The van der Waals surface area contributed by atoms with E-state index in [2.05, 4.69) is 4.90 Å². The minimum absolute atomic E-state index is 0.0749. The van der Waals surface area contributed by atoms with E-state index in [0.717, 1.165) is 31.4 Å². The molecule has 2 aliphatic heterocycles. The third kappa shape index (κ3) is 2.88. The molecule has 2 fully saturated rings. The number of fused-ring (bicyclic) bond motifs is 1. The lowest BCUT2D eigenvalue weighted by molar-refractivity contribution is -0.126. The van der Waals surface area contributed by atoms with Crippen molar-refractivity contribution in [1.29, 1.82) is 0 Å². The highest BCUT2D eigenvalue weighted by Gasteiger charge is 2.42. The molecule has 0 aromatic heterocycles. The molecule has 4 rings (SSSR count). The van der Waals surface area contributed by atoms with Crippen molar-refractivity contribution in [2.24, 2.45) is 5.92 Å². The van der Waals surface area contributed by atoms with Crippen molar-refractivity contribution < 1.29 is 14.0 Å². The van der Waals surface area contributed by atoms with E-state index in [0.29, 0.717) is 12.1 Å². The van der Waals surface area contributed by atoms with E-state index in [4.69, 9.17) is 0 Å². The number of Topliss-reactive ketones (excluding diaryl/α,β-unsaturated/α-hetero) is 1. The Bertz CT molecular complexity index is 698. The molecule has 120 valence electrons. The molecular formula is C18H18FNO2S. The van der Waals surface area contributed by atoms with E-state index >= 15 is 0 Å². The lowest BCUT2D eigenvalue weighted by atomic mass is 9.94. The van der Waals surface area contributed by atoms with Gasteiger partial charge in [-0.05, 0) is 37.0 Å². The number of thioether (sulfide) groups is 1. The number of hydrogen-bond acceptors (Lipinski definition) is 4. The smallest absolute Gasteiger partial charge is 0.212 e. The van der Waals surface area contributed by atoms with Crippen LogP contribution in [0, 0.1) is 11.7 Å². The lowest BCUT2D eigenvalue weighted by Crippen LogP contribution is -2.42. The topological polar surface area (TPSA) is 37.4 Å². The van der Waals surface area contributed by atoms with E-state index in [-0.39, 0.29) is 27.9 Å². The monoisotopic (exact) mass is 331 g/mol. The normalized spacial score (nSPS) is 25.9. The van der Waals surface area contributed by atoms with Crippen LogP contribution in [0.1, 0.15) is 30.9 Å². The molecule has 2 atom stereocenters. The number of likely N-dealkylation sites (tertiary alicyclic amines) is 1. The summed E-state index contributed by atoms with van der Waals surface area (Å²) in [6, 6.07) is 6.05. The van der Waals surface area contributed by atoms with Gasteiger partial charge in [-0.15, -0.1) is 0 Å². The Hall–Kier alpha value is -1.46. The minimum Gasteiger partial charge on any atom is -0.297 e. The lowest BCUT2D eigenvalue weighted by Gasteiger charge is -2.37. The first-order valence-electron chi connectivity index (χ1n) is 8.07. The molecule has 5 heteroatoms. The highest BCUT2D eigenvalue weighted by atomic mass is 32.2. The van der Waals surface area contributed by atoms with Crippen LogP contribution in [0.2, 0.25) is 0 Å². The fourth-order valence-corrected chi connectivity index (χ4v) is 4.54. The van der Waals surface area contributed by atoms with Crippen molar-refractivity contribution >= 4 is 22.7 Å². The summed E-state index contributed by atoms with van der Waals surface area (Å²) < 4.78 is 14.3. The molecule has 0 unspecified atom stereocenters. The predicted octanol–water partition coefficient (Wildman–Crippen LogP) is 3.12. The molecule has 0 radical (unpaired) electrons. The van der Waals surface area contributed by atoms with Gasteiger partial charge in [-0.1, -0.05) is 30.0 Å². The van der Waals surface area contributed by atoms with E-state index in [1.807, 2.05) is 0 Å². The summed E-state index contributed by atoms with van der Waals surface area (Å²) in [6.07, 6.45) is 4.36. The second kappa shape index (κ2) is 5.87. The Morgan fingerprint density at radius 3 is 2.78 bits per heavy atom. The maximum absolute atomic E-state index is 14.3. The summed E-state index contributed by atoms with van der Waals surface area (Å²) in [7, 11) is 0. The first-order chi connectivity index (χ1) is 11.1. The number of piperidine rings is 1. The van der Waals surface area contributed by atoms with Crippen LogP contribution in [0.15, 0.2) is 35.9 Å². The number of nitrogens with zero attached hydrogens (tertiary/aromatic N) is 1. The molecule has 3 nitrogen and oxygen atoms in total. The summed E-state index contributed by atoms with van der Waals surface area (Å²) in [5, 5.41) is 0.346. The third-order valence-electron chi connectivity index (χ3n) is 4.85. The number of carbonyl (C=O) groups is 2. The van der Waals surface area contributed by atoms with Gasteiger partial charge in [0.2, 0.25) is 5.12 Å². The van der Waals surface area contributed by atoms with Crippen LogP contribution in [0.5, 0.6) is 0 Å². The van der Waals surface area contributed by atoms with Crippen molar-refractivity contribution in [3.63, 3.8) is 0 Å². The zero-order valence-electron chi connectivity index (χ0n) is 12.7. The maximum atomic E-state index is 14.3. The van der Waals surface area contributed by atoms with Crippen LogP contribution in [0.3, 0.4) is 0 Å². The number of rotatable bonds is 4. The number of carbonyl (C=O) groups excluding carboxylic acids is 2. The zero-order chi connectivity index (χ0) is 16.0. The molecule has 3 aliphatic rings. The van der Waals surface area contributed by atoms with Crippen molar-refractivity contribution in [3.8, 4) is 0 Å². The van der Waals surface area contributed by atoms with Crippen LogP contribution in [-0.4, -0.2) is 34.1 Å². The minimum atomic E-state index is -0.522. The molecule has 1 saturated heterocycles. The second-order valence-electron chi connectivity index (χ2n) is 6.50. The highest BCUT2D eigenvalue weighted by molar-refractivity contribution is 8.15. The molecule has 1 aliphatic carbocycles. The van der Waals surface area contributed by atoms with Gasteiger partial charge in [-0.3, -0.25) is 14.5 Å². The largest absolute Gasteiger partial charge is 0.297 e. The number of ketones is 1. The van der Waals surface area contributed by atoms with Gasteiger partial charge in [0.05, 0.1) is 6.04 Å². The Morgan fingerprint density at radius 2 is 2.04 bits per heavy atom. The summed E-state index contributed by atoms with van der Waals surface area (Å²) in [4.78, 5) is 26.5. The molecule has 23 heavy (non-hydrogen) atoms. The molecule has 0 N–H and O–H groups in total. The van der Waals surface area contributed by atoms with E-state index < -0.39 is 6.04 Å². The molecule has 2 heterocycles. The van der Waals surface area contributed by atoms with Crippen LogP contribution in [0.25, 0.3) is 0 Å². The van der Waals surface area contributed by atoms with Gasteiger partial charge in [-0.25, -0.2) is 4.39 Å². The van der Waals surface area contributed by atoms with E-state index in [1.54, 1.807) is 24.3 Å². The van der Waals surface area contributed by atoms with Gasteiger partial charge < -0.3 is 0 Å². The maximum Gasteiger partial charge on any atom is 0.212 e. The van der Waals surface area contributed by atoms with Gasteiger partial charge >= 0.3 is 0 Å². The van der Waals surface area contributed by atoms with Crippen molar-refractivity contribution in [2.75, 3.05) is 13.1 Å². The molecule has 0 spiro atoms. The molecular weight excluding hydrogens is 313 g/mol. The SMILES string of the molecule is O=C1C=C2CN([C@@H](C(=O)C3CC3)c3ccccc3F)CC[C@@H]2S1. The van der Waals surface area contributed by atoms with Gasteiger partial charge in [0, 0.05) is 29.8 Å². The molecule has 1 saturated carbocycles. The quantitative estimate of drug-likeness (QED) is 0.849. The Morgan fingerprint density at radius 1 is 1.26 bits per heavy atom. The molecule has 1 aromatic carbocycles. The number of halogens is 1. The summed E-state index contributed by atoms with van der Waals surface area (Å²) in [6.45, 7) is 1.31. The van der Waals surface area contributed by atoms with E-state index in [1.165, 1.54) is 17.8 Å². The van der Waals surface area contributed by atoms with Crippen LogP contribution in [-0.2, 0) is 9.59 Å². The van der Waals surface area contributed by atoms with Crippen molar-refractivity contribution in [2.45, 2.75) is 30.6 Å². The van der Waals surface area contributed by atoms with Gasteiger partial charge in [0.1, 0.15) is 5.82 Å². The Labute approximate surface area is 138 Å². The average Bonchev–Trinajstić information content (AvgIpc) is 3.31. The fraction of sp³-hybridized carbons (Fsp3) is 0.444. The van der Waals surface area contributed by atoms with Crippen LogP contribution >= 0.6 is 11.8 Å². The van der Waals surface area contributed by atoms with E-state index in [9.17, 15) is 14.0 Å². The summed E-state index contributed by atoms with van der Waals surface area (Å²) in [5.74, 6) is -0.114. The molecule has 0 bridgehead atoms. The second-order valence-corrected chi connectivity index (χ2v) is 7.71. The highest BCUT2D eigenvalue weighted by Crippen LogP contribution is 2.41. The summed E-state index contributed by atoms with van der Waals surface area (Å²) >= 11 is 1.37. The Kier molecular flexibility index (Phi) is 3.85. The van der Waals surface area contributed by atoms with Gasteiger partial charge in [0.25, 0.3) is 0 Å². The fourth-order valence-electron chi connectivity index (χ4n) is 3.52. The number of benzene rings is 1. The first kappa shape index (κ1) is 15.1. The molecule has 1 aromatic rings. The van der Waals surface area contributed by atoms with Gasteiger partial charge in [0.15, 0.2) is 5.78 Å².